The molecule has 0 saturated carbocycles. The van der Waals surface area contributed by atoms with Crippen LogP contribution in [0, 0.1) is 6.92 Å². The van der Waals surface area contributed by atoms with Crippen LogP contribution in [0.1, 0.15) is 11.1 Å². The smallest absolute Gasteiger partial charge is 0.273 e. The summed E-state index contributed by atoms with van der Waals surface area (Å²) in [7, 11) is 1.49. The Labute approximate surface area is 143 Å². The molecule has 0 aliphatic rings. The summed E-state index contributed by atoms with van der Waals surface area (Å²) in [5.74, 6) is 0.435. The molecule has 4 nitrogen and oxygen atoms in total. The first-order chi connectivity index (χ1) is 11.5. The summed E-state index contributed by atoms with van der Waals surface area (Å²) in [5.41, 5.74) is 2.56. The number of benzene rings is 2. The number of aromatic hydroxyl groups is 1. The zero-order valence-corrected chi connectivity index (χ0v) is 14.3. The second-order valence-corrected chi connectivity index (χ2v) is 6.53. The average molecular weight is 339 g/mol. The fourth-order valence-corrected chi connectivity index (χ4v) is 3.40. The van der Waals surface area contributed by atoms with Gasteiger partial charge >= 0.3 is 0 Å². The lowest BCUT2D eigenvalue weighted by Gasteiger charge is -2.03. The maximum absolute atomic E-state index is 12.7. The third-order valence-electron chi connectivity index (χ3n) is 3.65. The van der Waals surface area contributed by atoms with Gasteiger partial charge in [-0.2, -0.15) is 0 Å². The van der Waals surface area contributed by atoms with Gasteiger partial charge in [0.1, 0.15) is 0 Å². The Morgan fingerprint density at radius 3 is 2.75 bits per heavy atom. The molecule has 0 aliphatic carbocycles. The van der Waals surface area contributed by atoms with E-state index in [0.29, 0.717) is 14.9 Å². The number of phenols is 1. The van der Waals surface area contributed by atoms with Gasteiger partial charge in [0.25, 0.3) is 5.56 Å². The van der Waals surface area contributed by atoms with Crippen molar-refractivity contribution < 1.29 is 9.84 Å². The summed E-state index contributed by atoms with van der Waals surface area (Å²) in [6.45, 7) is 5.98. The number of hydrogen-bond acceptors (Lipinski definition) is 4. The number of methoxy groups -OCH3 is 1. The number of phenolic OH excluding ortho intramolecular Hbond substituents is 1. The van der Waals surface area contributed by atoms with Crippen molar-refractivity contribution in [3.05, 3.63) is 73.1 Å². The van der Waals surface area contributed by atoms with Crippen LogP contribution in [0.5, 0.6) is 11.5 Å². The molecule has 0 radical (unpaired) electrons. The quantitative estimate of drug-likeness (QED) is 0.796. The molecule has 1 N–H and O–H groups in total. The predicted molar refractivity (Wildman–Crippen MR) is 97.7 cm³/mol. The third kappa shape index (κ3) is 2.98. The van der Waals surface area contributed by atoms with Gasteiger partial charge in [-0.3, -0.25) is 9.36 Å². The van der Waals surface area contributed by atoms with Crippen molar-refractivity contribution >= 4 is 24.0 Å². The van der Waals surface area contributed by atoms with Crippen LogP contribution in [-0.4, -0.2) is 16.8 Å². The maximum atomic E-state index is 12.7. The number of ether oxygens (including phenoxy) is 1. The molecule has 0 bridgehead atoms. The highest BCUT2D eigenvalue weighted by Gasteiger charge is 2.07. The van der Waals surface area contributed by atoms with Gasteiger partial charge in [-0.1, -0.05) is 24.8 Å². The van der Waals surface area contributed by atoms with Crippen LogP contribution >= 0.6 is 11.3 Å². The number of nitrogens with zero attached hydrogens (tertiary/aromatic N) is 1. The lowest BCUT2D eigenvalue weighted by Crippen LogP contribution is -2.29. The molecule has 122 valence electrons. The molecule has 3 aromatic rings. The van der Waals surface area contributed by atoms with E-state index in [9.17, 15) is 9.90 Å². The molecule has 1 heterocycles. The Balaban J connectivity index is 2.16. The lowest BCUT2D eigenvalue weighted by molar-refractivity contribution is 0.373. The van der Waals surface area contributed by atoms with Gasteiger partial charge in [-0.25, -0.2) is 0 Å². The van der Waals surface area contributed by atoms with Crippen molar-refractivity contribution in [3.8, 4) is 17.2 Å². The minimum atomic E-state index is -0.109. The molecule has 0 atom stereocenters. The molecule has 0 unspecified atom stereocenters. The van der Waals surface area contributed by atoms with E-state index in [1.807, 2.05) is 31.2 Å². The fourth-order valence-electron chi connectivity index (χ4n) is 2.49. The highest BCUT2D eigenvalue weighted by Crippen LogP contribution is 2.26. The Morgan fingerprint density at radius 2 is 2.04 bits per heavy atom. The second kappa shape index (κ2) is 6.37. The Hall–Kier alpha value is -2.79. The van der Waals surface area contributed by atoms with Crippen molar-refractivity contribution in [2.24, 2.45) is 0 Å². The van der Waals surface area contributed by atoms with Crippen molar-refractivity contribution in [2.45, 2.75) is 6.92 Å². The number of aromatic nitrogens is 1. The van der Waals surface area contributed by atoms with Crippen molar-refractivity contribution in [3.63, 3.8) is 0 Å². The van der Waals surface area contributed by atoms with Gasteiger partial charge in [-0.05, 0) is 48.4 Å². The first-order valence-corrected chi connectivity index (χ1v) is 8.18. The largest absolute Gasteiger partial charge is 0.504 e. The van der Waals surface area contributed by atoms with E-state index in [4.69, 9.17) is 4.74 Å². The van der Waals surface area contributed by atoms with Crippen LogP contribution in [0.3, 0.4) is 0 Å². The lowest BCUT2D eigenvalue weighted by atomic mass is 10.2. The summed E-state index contributed by atoms with van der Waals surface area (Å²) < 4.78 is 7.96. The highest BCUT2D eigenvalue weighted by atomic mass is 32.1. The maximum Gasteiger partial charge on any atom is 0.273 e. The molecule has 2 aromatic carbocycles. The van der Waals surface area contributed by atoms with Crippen molar-refractivity contribution in [1.29, 1.82) is 0 Å². The molecule has 5 heteroatoms. The third-order valence-corrected chi connectivity index (χ3v) is 4.58. The van der Waals surface area contributed by atoms with Crippen molar-refractivity contribution in [2.75, 3.05) is 7.11 Å². The topological polar surface area (TPSA) is 51.5 Å². The second-order valence-electron chi connectivity index (χ2n) is 5.42. The summed E-state index contributed by atoms with van der Waals surface area (Å²) in [6, 6.07) is 12.7. The van der Waals surface area contributed by atoms with Gasteiger partial charge in [0.15, 0.2) is 11.5 Å². The molecule has 0 saturated heterocycles. The first kappa shape index (κ1) is 16.1. The van der Waals surface area contributed by atoms with Gasteiger partial charge in [0, 0.05) is 0 Å². The van der Waals surface area contributed by atoms with Gasteiger partial charge in [0.05, 0.1) is 22.0 Å². The van der Waals surface area contributed by atoms with Crippen LogP contribution in [0.4, 0.5) is 0 Å². The molecule has 0 spiro atoms. The Kier molecular flexibility index (Phi) is 4.27. The highest BCUT2D eigenvalue weighted by molar-refractivity contribution is 7.07. The van der Waals surface area contributed by atoms with Crippen LogP contribution < -0.4 is 19.5 Å². The van der Waals surface area contributed by atoms with E-state index in [1.165, 1.54) is 18.4 Å². The molecular weight excluding hydrogens is 322 g/mol. The van der Waals surface area contributed by atoms with Crippen molar-refractivity contribution in [1.82, 2.24) is 4.57 Å². The first-order valence-electron chi connectivity index (χ1n) is 7.36. The number of thiazole rings is 1. The van der Waals surface area contributed by atoms with E-state index in [0.717, 1.165) is 16.8 Å². The average Bonchev–Trinajstić information content (AvgIpc) is 2.83. The minimum Gasteiger partial charge on any atom is -0.504 e. The normalized spacial score (nSPS) is 11.7. The van der Waals surface area contributed by atoms with Gasteiger partial charge in [0.2, 0.25) is 0 Å². The van der Waals surface area contributed by atoms with E-state index in [-0.39, 0.29) is 11.3 Å². The van der Waals surface area contributed by atoms with Crippen LogP contribution in [-0.2, 0) is 0 Å². The summed E-state index contributed by atoms with van der Waals surface area (Å²) in [6.07, 6.45) is 1.77. The molecule has 3 rings (SSSR count). The van der Waals surface area contributed by atoms with E-state index in [1.54, 1.807) is 28.8 Å². The standard InChI is InChI=1S/C19H17NO3S/c1-12-5-4-6-15(9-12)20-13(2)24-18(19(20)22)11-14-7-8-16(21)17(10-14)23-3/h4-11,21H,2H2,1,3H3. The molecule has 0 fully saturated rings. The van der Waals surface area contributed by atoms with Gasteiger partial charge in [-0.15, -0.1) is 11.3 Å². The Bertz CT molecular complexity index is 1060. The SMILES string of the molecule is C=c1sc(=Cc2ccc(O)c(OC)c2)c(=O)n1-c1cccc(C)c1. The molecular formula is C19H17NO3S. The summed E-state index contributed by atoms with van der Waals surface area (Å²) in [5, 5.41) is 9.67. The molecule has 1 aromatic heterocycles. The van der Waals surface area contributed by atoms with Crippen LogP contribution in [0.15, 0.2) is 47.3 Å². The zero-order chi connectivity index (χ0) is 17.3. The number of rotatable bonds is 3. The monoisotopic (exact) mass is 339 g/mol. The number of hydrogen-bond donors (Lipinski definition) is 1. The predicted octanol–water partition coefficient (Wildman–Crippen LogP) is 2.16. The Morgan fingerprint density at radius 1 is 1.25 bits per heavy atom. The summed E-state index contributed by atoms with van der Waals surface area (Å²) >= 11 is 1.33. The van der Waals surface area contributed by atoms with Crippen LogP contribution in [0.25, 0.3) is 18.3 Å². The van der Waals surface area contributed by atoms with E-state index >= 15 is 0 Å². The zero-order valence-electron chi connectivity index (χ0n) is 13.4. The molecule has 0 amide bonds. The number of aryl methyl sites for hydroxylation is 1. The van der Waals surface area contributed by atoms with Gasteiger partial charge < -0.3 is 9.84 Å². The molecule has 24 heavy (non-hydrogen) atoms. The fraction of sp³-hybridized carbons (Fsp3) is 0.105. The van der Waals surface area contributed by atoms with E-state index in [2.05, 4.69) is 6.58 Å². The minimum absolute atomic E-state index is 0.0656. The van der Waals surface area contributed by atoms with E-state index < -0.39 is 0 Å². The summed E-state index contributed by atoms with van der Waals surface area (Å²) in [4.78, 5) is 12.7. The molecule has 0 aliphatic heterocycles. The van der Waals surface area contributed by atoms with Crippen LogP contribution in [0.2, 0.25) is 0 Å².